The van der Waals surface area contributed by atoms with Gasteiger partial charge in [0.25, 0.3) is 0 Å². The lowest BCUT2D eigenvalue weighted by atomic mass is 9.92. The molecule has 5 aromatic carbocycles. The molecule has 0 aliphatic carbocycles. The third-order valence-corrected chi connectivity index (χ3v) is 7.90. The Balaban J connectivity index is 1.70. The Morgan fingerprint density at radius 2 is 1.29 bits per heavy atom. The van der Waals surface area contributed by atoms with Gasteiger partial charge in [-0.05, 0) is 62.1 Å². The van der Waals surface area contributed by atoms with E-state index in [-0.39, 0.29) is 0 Å². The van der Waals surface area contributed by atoms with Crippen LogP contribution in [0.15, 0.2) is 99.9 Å². The summed E-state index contributed by atoms with van der Waals surface area (Å²) in [6.45, 7) is 0. The zero-order valence-corrected chi connectivity index (χ0v) is 18.8. The monoisotopic (exact) mass is 478 g/mol. The molecule has 31 heavy (non-hydrogen) atoms. The van der Waals surface area contributed by atoms with E-state index in [9.17, 15) is 0 Å². The lowest BCUT2D eigenvalue weighted by molar-refractivity contribution is 0.667. The van der Waals surface area contributed by atoms with Crippen LogP contribution in [-0.4, -0.2) is 0 Å². The lowest BCUT2D eigenvalue weighted by Gasteiger charge is -2.11. The minimum absolute atomic E-state index is 0.902. The molecule has 0 bridgehead atoms. The van der Waals surface area contributed by atoms with Gasteiger partial charge >= 0.3 is 0 Å². The first kappa shape index (κ1) is 17.5. The summed E-state index contributed by atoms with van der Waals surface area (Å²) < 4.78 is 9.88. The Hall–Kier alpha value is -3.14. The molecule has 0 saturated heterocycles. The zero-order valence-electron chi connectivity index (χ0n) is 16.4. The number of rotatable bonds is 1. The molecular formula is C28H15BrOS. The molecule has 2 heterocycles. The predicted molar refractivity (Wildman–Crippen MR) is 137 cm³/mol. The van der Waals surface area contributed by atoms with Crippen LogP contribution in [0, 0.1) is 0 Å². The number of para-hydroxylation sites is 1. The van der Waals surface area contributed by atoms with Crippen LogP contribution in [0.5, 0.6) is 0 Å². The van der Waals surface area contributed by atoms with Crippen molar-refractivity contribution in [2.75, 3.05) is 0 Å². The summed E-state index contributed by atoms with van der Waals surface area (Å²) >= 11 is 5.57. The maximum atomic E-state index is 6.25. The van der Waals surface area contributed by atoms with Gasteiger partial charge in [-0.3, -0.25) is 0 Å². The average Bonchev–Trinajstić information content (AvgIpc) is 3.38. The van der Waals surface area contributed by atoms with E-state index in [1.165, 1.54) is 42.1 Å². The summed E-state index contributed by atoms with van der Waals surface area (Å²) in [6, 6.07) is 32.5. The van der Waals surface area contributed by atoms with Gasteiger partial charge in [-0.25, -0.2) is 0 Å². The number of thiophene rings is 1. The lowest BCUT2D eigenvalue weighted by Crippen LogP contribution is -1.84. The Morgan fingerprint density at radius 3 is 2.16 bits per heavy atom. The normalized spacial score (nSPS) is 12.0. The minimum Gasteiger partial charge on any atom is -0.455 e. The van der Waals surface area contributed by atoms with Gasteiger partial charge in [0.15, 0.2) is 0 Å². The fourth-order valence-corrected chi connectivity index (χ4v) is 6.41. The number of fused-ring (bicyclic) bond motifs is 8. The van der Waals surface area contributed by atoms with Crippen LogP contribution in [0.1, 0.15) is 0 Å². The molecule has 7 rings (SSSR count). The van der Waals surface area contributed by atoms with Crippen molar-refractivity contribution in [3.05, 3.63) is 95.5 Å². The first-order valence-electron chi connectivity index (χ1n) is 10.2. The SMILES string of the molecule is Brc1ccc(-c2cc3sc4ccccc4c3c3ccccc23)c2c1oc1ccccc12. The third-order valence-electron chi connectivity index (χ3n) is 6.15. The van der Waals surface area contributed by atoms with Gasteiger partial charge in [0.2, 0.25) is 0 Å². The van der Waals surface area contributed by atoms with Crippen molar-refractivity contribution >= 4 is 80.1 Å². The fraction of sp³-hybridized carbons (Fsp3) is 0. The Bertz CT molecular complexity index is 1810. The molecule has 0 radical (unpaired) electrons. The van der Waals surface area contributed by atoms with E-state index in [1.807, 2.05) is 23.5 Å². The molecule has 0 atom stereocenters. The highest BCUT2D eigenvalue weighted by molar-refractivity contribution is 9.10. The molecule has 3 heteroatoms. The Morgan fingerprint density at radius 1 is 0.581 bits per heavy atom. The quantitative estimate of drug-likeness (QED) is 0.229. The molecule has 2 aromatic heterocycles. The molecule has 146 valence electrons. The third kappa shape index (κ3) is 2.42. The summed E-state index contributed by atoms with van der Waals surface area (Å²) in [5.41, 5.74) is 4.27. The van der Waals surface area contributed by atoms with Crippen LogP contribution in [-0.2, 0) is 0 Å². The summed E-state index contributed by atoms with van der Waals surface area (Å²) in [4.78, 5) is 0. The van der Waals surface area contributed by atoms with Crippen molar-refractivity contribution in [1.82, 2.24) is 0 Å². The van der Waals surface area contributed by atoms with Crippen LogP contribution < -0.4 is 0 Å². The molecule has 0 amide bonds. The number of furan rings is 1. The van der Waals surface area contributed by atoms with E-state index in [1.54, 1.807) is 0 Å². The number of benzene rings is 5. The van der Waals surface area contributed by atoms with Crippen molar-refractivity contribution < 1.29 is 4.42 Å². The van der Waals surface area contributed by atoms with Gasteiger partial charge in [-0.1, -0.05) is 66.7 Å². The molecule has 0 aliphatic heterocycles. The summed E-state index contributed by atoms with van der Waals surface area (Å²) in [5.74, 6) is 0. The number of halogens is 1. The first-order valence-corrected chi connectivity index (χ1v) is 11.8. The van der Waals surface area contributed by atoms with Gasteiger partial charge in [-0.15, -0.1) is 11.3 Å². The van der Waals surface area contributed by atoms with E-state index < -0.39 is 0 Å². The van der Waals surface area contributed by atoms with Crippen LogP contribution in [0.4, 0.5) is 0 Å². The molecule has 7 aromatic rings. The second-order valence-corrected chi connectivity index (χ2v) is 9.78. The zero-order chi connectivity index (χ0) is 20.5. The molecule has 0 saturated carbocycles. The fourth-order valence-electron chi connectivity index (χ4n) is 4.83. The standard InChI is InChI=1S/C28H15BrOS/c29-22-14-13-18(27-19-9-3-5-11-23(19)30-28(22)27)21-15-25-26(17-8-2-1-7-16(17)21)20-10-4-6-12-24(20)31-25/h1-15H. The van der Waals surface area contributed by atoms with Crippen LogP contribution >= 0.6 is 27.3 Å². The maximum absolute atomic E-state index is 6.25. The minimum atomic E-state index is 0.902. The van der Waals surface area contributed by atoms with Crippen molar-refractivity contribution in [1.29, 1.82) is 0 Å². The number of hydrogen-bond donors (Lipinski definition) is 0. The van der Waals surface area contributed by atoms with Crippen molar-refractivity contribution in [3.63, 3.8) is 0 Å². The van der Waals surface area contributed by atoms with E-state index >= 15 is 0 Å². The topological polar surface area (TPSA) is 13.1 Å². The van der Waals surface area contributed by atoms with Crippen LogP contribution in [0.25, 0.3) is 64.0 Å². The van der Waals surface area contributed by atoms with E-state index in [0.29, 0.717) is 0 Å². The van der Waals surface area contributed by atoms with Crippen LogP contribution in [0.2, 0.25) is 0 Å². The Kier molecular flexibility index (Phi) is 3.64. The smallest absolute Gasteiger partial charge is 0.150 e. The van der Waals surface area contributed by atoms with Crippen molar-refractivity contribution in [2.24, 2.45) is 0 Å². The molecule has 1 nitrogen and oxygen atoms in total. The molecule has 0 unspecified atom stereocenters. The van der Waals surface area contributed by atoms with E-state index in [4.69, 9.17) is 4.42 Å². The van der Waals surface area contributed by atoms with Gasteiger partial charge < -0.3 is 4.42 Å². The highest BCUT2D eigenvalue weighted by Crippen LogP contribution is 2.46. The Labute approximate surface area is 190 Å². The van der Waals surface area contributed by atoms with Crippen molar-refractivity contribution in [3.8, 4) is 11.1 Å². The highest BCUT2D eigenvalue weighted by atomic mass is 79.9. The van der Waals surface area contributed by atoms with Gasteiger partial charge in [-0.2, -0.15) is 0 Å². The van der Waals surface area contributed by atoms with Crippen molar-refractivity contribution in [2.45, 2.75) is 0 Å². The summed E-state index contributed by atoms with van der Waals surface area (Å²) in [6.07, 6.45) is 0. The van der Waals surface area contributed by atoms with Gasteiger partial charge in [0.1, 0.15) is 11.2 Å². The molecular weight excluding hydrogens is 464 g/mol. The van der Waals surface area contributed by atoms with E-state index in [0.717, 1.165) is 26.4 Å². The predicted octanol–water partition coefficient (Wildman–Crippen LogP) is 9.54. The first-order chi connectivity index (χ1) is 15.3. The number of hydrogen-bond acceptors (Lipinski definition) is 2. The second-order valence-electron chi connectivity index (χ2n) is 7.84. The van der Waals surface area contributed by atoms with Gasteiger partial charge in [0.05, 0.1) is 4.47 Å². The maximum Gasteiger partial charge on any atom is 0.150 e. The molecule has 0 aliphatic rings. The molecule has 0 fully saturated rings. The molecule has 0 N–H and O–H groups in total. The van der Waals surface area contributed by atoms with E-state index in [2.05, 4.69) is 94.8 Å². The largest absolute Gasteiger partial charge is 0.455 e. The highest BCUT2D eigenvalue weighted by Gasteiger charge is 2.18. The second kappa shape index (κ2) is 6.43. The molecule has 0 spiro atoms. The van der Waals surface area contributed by atoms with Crippen LogP contribution in [0.3, 0.4) is 0 Å². The average molecular weight is 479 g/mol. The summed E-state index contributed by atoms with van der Waals surface area (Å²) in [7, 11) is 0. The van der Waals surface area contributed by atoms with Gasteiger partial charge in [0, 0.05) is 30.9 Å². The summed E-state index contributed by atoms with van der Waals surface area (Å²) in [5, 5.41) is 7.57.